The molecule has 3 aromatic rings. The highest BCUT2D eigenvalue weighted by molar-refractivity contribution is 5.72. The average molecular weight is 364 g/mol. The number of oxazole rings is 1. The Balaban J connectivity index is 1.55. The highest BCUT2D eigenvalue weighted by Gasteiger charge is 2.19. The maximum absolute atomic E-state index is 10.5. The average Bonchev–Trinajstić information content (AvgIpc) is 3.14. The number of phenolic OH excluding ortho intramolecular Hbond substituents is 1. The van der Waals surface area contributed by atoms with E-state index in [1.807, 2.05) is 24.3 Å². The van der Waals surface area contributed by atoms with E-state index in [1.165, 1.54) is 32.1 Å². The van der Waals surface area contributed by atoms with Crippen molar-refractivity contribution in [3.8, 4) is 28.3 Å². The summed E-state index contributed by atoms with van der Waals surface area (Å²) in [6.45, 7) is 1.79. The largest absolute Gasteiger partial charge is 0.507 e. The van der Waals surface area contributed by atoms with Gasteiger partial charge in [-0.3, -0.25) is 0 Å². The molecule has 27 heavy (non-hydrogen) atoms. The third-order valence-corrected chi connectivity index (χ3v) is 5.31. The second kappa shape index (κ2) is 7.39. The molecule has 0 bridgehead atoms. The zero-order chi connectivity index (χ0) is 18.8. The topological polar surface area (TPSA) is 75.3 Å². The lowest BCUT2D eigenvalue weighted by molar-refractivity contribution is 0.425. The summed E-state index contributed by atoms with van der Waals surface area (Å²) in [5.74, 6) is 2.24. The van der Waals surface area contributed by atoms with Crippen LogP contribution in [0.25, 0.3) is 22.6 Å². The molecule has 1 saturated carbocycles. The zero-order valence-corrected chi connectivity index (χ0v) is 15.7. The third-order valence-electron chi connectivity index (χ3n) is 5.31. The first-order chi connectivity index (χ1) is 13.1. The van der Waals surface area contributed by atoms with Crippen molar-refractivity contribution in [1.82, 2.24) is 15.2 Å². The minimum Gasteiger partial charge on any atom is -0.507 e. The Morgan fingerprint density at radius 1 is 1.07 bits per heavy atom. The Labute approximate surface area is 158 Å². The van der Waals surface area contributed by atoms with Gasteiger partial charge in [0.2, 0.25) is 0 Å². The van der Waals surface area contributed by atoms with Crippen LogP contribution in [-0.2, 0) is 0 Å². The molecular weight excluding hydrogens is 340 g/mol. The molecule has 0 saturated heterocycles. The standard InChI is InChI=1S/C21H24N4O2/c1-14-22-13-20(27-14)15-8-9-17(19(26)12-15)18-10-11-21(24-23-18)25(2)16-6-4-3-5-7-16/h8-13,16,26H,3-7H2,1-2H3. The van der Waals surface area contributed by atoms with Crippen molar-refractivity contribution in [2.75, 3.05) is 11.9 Å². The molecule has 6 nitrogen and oxygen atoms in total. The summed E-state index contributed by atoms with van der Waals surface area (Å²) in [5, 5.41) is 19.2. The Bertz CT molecular complexity index is 914. The summed E-state index contributed by atoms with van der Waals surface area (Å²) in [6.07, 6.45) is 7.97. The third kappa shape index (κ3) is 3.65. The molecule has 6 heteroatoms. The van der Waals surface area contributed by atoms with Gasteiger partial charge in [0.05, 0.1) is 11.9 Å². The quantitative estimate of drug-likeness (QED) is 0.730. The Kier molecular flexibility index (Phi) is 4.79. The van der Waals surface area contributed by atoms with E-state index in [4.69, 9.17) is 4.42 Å². The molecule has 1 aliphatic carbocycles. The van der Waals surface area contributed by atoms with Crippen LogP contribution in [0.4, 0.5) is 5.82 Å². The van der Waals surface area contributed by atoms with Crippen LogP contribution >= 0.6 is 0 Å². The van der Waals surface area contributed by atoms with Crippen molar-refractivity contribution in [3.05, 3.63) is 42.4 Å². The van der Waals surface area contributed by atoms with E-state index in [1.54, 1.807) is 19.2 Å². The minimum absolute atomic E-state index is 0.143. The van der Waals surface area contributed by atoms with Crippen LogP contribution in [0.2, 0.25) is 0 Å². The van der Waals surface area contributed by atoms with E-state index in [0.717, 1.165) is 11.4 Å². The normalized spacial score (nSPS) is 15.0. The van der Waals surface area contributed by atoms with Gasteiger partial charge in [-0.2, -0.15) is 0 Å². The van der Waals surface area contributed by atoms with Gasteiger partial charge in [0.15, 0.2) is 17.5 Å². The number of rotatable bonds is 4. The van der Waals surface area contributed by atoms with Crippen LogP contribution in [-0.4, -0.2) is 33.4 Å². The monoisotopic (exact) mass is 364 g/mol. The summed E-state index contributed by atoms with van der Waals surface area (Å²) in [7, 11) is 2.09. The molecule has 2 aromatic heterocycles. The van der Waals surface area contributed by atoms with E-state index < -0.39 is 0 Å². The molecule has 0 aliphatic heterocycles. The smallest absolute Gasteiger partial charge is 0.191 e. The predicted octanol–water partition coefficient (Wildman–Crippen LogP) is 4.58. The van der Waals surface area contributed by atoms with Crippen molar-refractivity contribution >= 4 is 5.82 Å². The van der Waals surface area contributed by atoms with Crippen molar-refractivity contribution in [2.45, 2.75) is 45.1 Å². The number of anilines is 1. The first kappa shape index (κ1) is 17.5. The number of benzene rings is 1. The highest BCUT2D eigenvalue weighted by Crippen LogP contribution is 2.33. The fourth-order valence-electron chi connectivity index (χ4n) is 3.71. The van der Waals surface area contributed by atoms with Gasteiger partial charge in [-0.25, -0.2) is 4.98 Å². The van der Waals surface area contributed by atoms with Crippen molar-refractivity contribution in [2.24, 2.45) is 0 Å². The molecule has 140 valence electrons. The fourth-order valence-corrected chi connectivity index (χ4v) is 3.71. The number of hydrogen-bond acceptors (Lipinski definition) is 6. The summed E-state index contributed by atoms with van der Waals surface area (Å²) in [4.78, 5) is 6.32. The van der Waals surface area contributed by atoms with Crippen LogP contribution in [0, 0.1) is 6.92 Å². The van der Waals surface area contributed by atoms with Crippen molar-refractivity contribution in [3.63, 3.8) is 0 Å². The summed E-state index contributed by atoms with van der Waals surface area (Å²) in [5.41, 5.74) is 2.07. The molecule has 0 atom stereocenters. The van der Waals surface area contributed by atoms with E-state index in [-0.39, 0.29) is 5.75 Å². The van der Waals surface area contributed by atoms with Gasteiger partial charge in [0.1, 0.15) is 5.75 Å². The van der Waals surface area contributed by atoms with E-state index in [9.17, 15) is 5.11 Å². The molecule has 1 fully saturated rings. The van der Waals surface area contributed by atoms with Gasteiger partial charge in [0.25, 0.3) is 0 Å². The minimum atomic E-state index is 0.143. The van der Waals surface area contributed by atoms with Gasteiger partial charge in [-0.1, -0.05) is 25.3 Å². The van der Waals surface area contributed by atoms with E-state index in [0.29, 0.717) is 29.0 Å². The fraction of sp³-hybridized carbons (Fsp3) is 0.381. The van der Waals surface area contributed by atoms with Gasteiger partial charge >= 0.3 is 0 Å². The molecule has 2 heterocycles. The predicted molar refractivity (Wildman–Crippen MR) is 105 cm³/mol. The number of nitrogens with zero attached hydrogens (tertiary/aromatic N) is 4. The molecule has 0 unspecified atom stereocenters. The van der Waals surface area contributed by atoms with Crippen LogP contribution in [0.1, 0.15) is 38.0 Å². The number of phenols is 1. The molecule has 1 aliphatic rings. The second-order valence-electron chi connectivity index (χ2n) is 7.15. The molecule has 1 aromatic carbocycles. The molecule has 0 radical (unpaired) electrons. The van der Waals surface area contributed by atoms with Crippen molar-refractivity contribution < 1.29 is 9.52 Å². The molecule has 0 amide bonds. The lowest BCUT2D eigenvalue weighted by Crippen LogP contribution is -2.34. The lowest BCUT2D eigenvalue weighted by atomic mass is 9.94. The van der Waals surface area contributed by atoms with E-state index >= 15 is 0 Å². The second-order valence-corrected chi connectivity index (χ2v) is 7.15. The summed E-state index contributed by atoms with van der Waals surface area (Å²) >= 11 is 0. The number of aromatic nitrogens is 3. The van der Waals surface area contributed by atoms with Crippen LogP contribution in [0.5, 0.6) is 5.75 Å². The van der Waals surface area contributed by atoms with Crippen LogP contribution < -0.4 is 4.90 Å². The van der Waals surface area contributed by atoms with Gasteiger partial charge in [-0.05, 0) is 37.1 Å². The Morgan fingerprint density at radius 2 is 1.89 bits per heavy atom. The van der Waals surface area contributed by atoms with Crippen LogP contribution in [0.15, 0.2) is 40.9 Å². The Morgan fingerprint density at radius 3 is 2.52 bits per heavy atom. The maximum atomic E-state index is 10.5. The van der Waals surface area contributed by atoms with Crippen LogP contribution in [0.3, 0.4) is 0 Å². The van der Waals surface area contributed by atoms with E-state index in [2.05, 4.69) is 27.1 Å². The number of aromatic hydroxyl groups is 1. The Hall–Kier alpha value is -2.89. The molecule has 0 spiro atoms. The first-order valence-electron chi connectivity index (χ1n) is 9.44. The highest BCUT2D eigenvalue weighted by atomic mass is 16.4. The molecule has 1 N–H and O–H groups in total. The molecular formula is C21H24N4O2. The summed E-state index contributed by atoms with van der Waals surface area (Å²) < 4.78 is 5.51. The maximum Gasteiger partial charge on any atom is 0.191 e. The zero-order valence-electron chi connectivity index (χ0n) is 15.7. The molecule has 4 rings (SSSR count). The SMILES string of the molecule is Cc1ncc(-c2ccc(-c3ccc(N(C)C4CCCCC4)nn3)c(O)c2)o1. The summed E-state index contributed by atoms with van der Waals surface area (Å²) in [6, 6.07) is 9.81. The van der Waals surface area contributed by atoms with Gasteiger partial charge in [0, 0.05) is 31.1 Å². The lowest BCUT2D eigenvalue weighted by Gasteiger charge is -2.31. The van der Waals surface area contributed by atoms with Gasteiger partial charge < -0.3 is 14.4 Å². The first-order valence-corrected chi connectivity index (χ1v) is 9.44. The van der Waals surface area contributed by atoms with Gasteiger partial charge in [-0.15, -0.1) is 10.2 Å². The number of aryl methyl sites for hydroxylation is 1. The number of hydrogen-bond donors (Lipinski definition) is 1. The van der Waals surface area contributed by atoms with Crippen molar-refractivity contribution in [1.29, 1.82) is 0 Å².